The van der Waals surface area contributed by atoms with Crippen LogP contribution in [-0.4, -0.2) is 52.2 Å². The van der Waals surface area contributed by atoms with E-state index in [1.807, 2.05) is 43.3 Å². The molecular formula is C24H23BrN4O5. The number of carbonyl (C=O) groups excluding carboxylic acids is 2. The maximum atomic E-state index is 12.0. The number of aryl methyl sites for hydroxylation is 1. The molecule has 0 N–H and O–H groups in total. The van der Waals surface area contributed by atoms with Crippen LogP contribution in [0.1, 0.15) is 42.2 Å². The van der Waals surface area contributed by atoms with Crippen molar-refractivity contribution in [1.29, 1.82) is 0 Å². The molecule has 0 radical (unpaired) electrons. The van der Waals surface area contributed by atoms with E-state index in [9.17, 15) is 9.59 Å². The third kappa shape index (κ3) is 5.17. The van der Waals surface area contributed by atoms with Crippen LogP contribution >= 0.6 is 15.9 Å². The van der Waals surface area contributed by atoms with Crippen LogP contribution in [-0.2, 0) is 19.0 Å². The van der Waals surface area contributed by atoms with Gasteiger partial charge in [0.15, 0.2) is 6.61 Å². The molecule has 0 spiro atoms. The molecule has 3 aromatic rings. The smallest absolute Gasteiger partial charge is 0.463 e. The number of hydrogen-bond donors (Lipinski definition) is 0. The summed E-state index contributed by atoms with van der Waals surface area (Å²) in [5.41, 5.74) is 4.28. The van der Waals surface area contributed by atoms with E-state index in [1.165, 1.54) is 0 Å². The van der Waals surface area contributed by atoms with Crippen molar-refractivity contribution in [2.24, 2.45) is 4.99 Å². The number of rotatable bonds is 7. The van der Waals surface area contributed by atoms with Gasteiger partial charge < -0.3 is 14.2 Å². The van der Waals surface area contributed by atoms with Crippen LogP contribution in [0.15, 0.2) is 58.3 Å². The Labute approximate surface area is 204 Å². The van der Waals surface area contributed by atoms with Crippen molar-refractivity contribution in [1.82, 2.24) is 14.5 Å². The van der Waals surface area contributed by atoms with Crippen molar-refractivity contribution < 1.29 is 23.8 Å². The highest BCUT2D eigenvalue weighted by atomic mass is 79.9. The average molecular weight is 527 g/mol. The van der Waals surface area contributed by atoms with E-state index in [4.69, 9.17) is 14.5 Å². The molecule has 9 nitrogen and oxygen atoms in total. The monoisotopic (exact) mass is 526 g/mol. The summed E-state index contributed by atoms with van der Waals surface area (Å²) in [6.07, 6.45) is 3.00. The first-order chi connectivity index (χ1) is 16.5. The van der Waals surface area contributed by atoms with E-state index in [1.54, 1.807) is 19.3 Å². The molecular weight excluding hydrogens is 504 g/mol. The van der Waals surface area contributed by atoms with E-state index in [2.05, 4.69) is 35.2 Å². The van der Waals surface area contributed by atoms with Crippen molar-refractivity contribution >= 4 is 33.8 Å². The van der Waals surface area contributed by atoms with Crippen molar-refractivity contribution in [3.8, 4) is 5.69 Å². The predicted molar refractivity (Wildman–Crippen MR) is 127 cm³/mol. The number of nitrogens with zero attached hydrogens (tertiary/aromatic N) is 4. The fraction of sp³-hybridized carbons (Fsp3) is 0.292. The summed E-state index contributed by atoms with van der Waals surface area (Å²) in [7, 11) is 0. The van der Waals surface area contributed by atoms with Crippen molar-refractivity contribution in [3.05, 3.63) is 76.0 Å². The van der Waals surface area contributed by atoms with Crippen LogP contribution in [0.2, 0.25) is 0 Å². The Balaban J connectivity index is 1.61. The summed E-state index contributed by atoms with van der Waals surface area (Å²) in [5.74, 6) is 0.0770. The van der Waals surface area contributed by atoms with Crippen LogP contribution in [0.4, 0.5) is 4.79 Å². The number of benzene rings is 1. The molecule has 0 aliphatic carbocycles. The lowest BCUT2D eigenvalue weighted by Crippen LogP contribution is -2.18. The molecule has 10 heteroatoms. The number of esters is 1. The van der Waals surface area contributed by atoms with E-state index < -0.39 is 24.8 Å². The first kappa shape index (κ1) is 23.6. The van der Waals surface area contributed by atoms with Crippen molar-refractivity contribution in [2.75, 3.05) is 19.8 Å². The highest BCUT2D eigenvalue weighted by Gasteiger charge is 2.28. The lowest BCUT2D eigenvalue weighted by Gasteiger charge is -2.14. The van der Waals surface area contributed by atoms with Crippen molar-refractivity contribution in [2.45, 2.75) is 26.3 Å². The van der Waals surface area contributed by atoms with Crippen LogP contribution in [0, 0.1) is 6.92 Å². The second-order valence-electron chi connectivity index (χ2n) is 7.44. The van der Waals surface area contributed by atoms with Crippen LogP contribution in [0.3, 0.4) is 0 Å². The fourth-order valence-electron chi connectivity index (χ4n) is 3.68. The fourth-order valence-corrected chi connectivity index (χ4v) is 4.05. The Morgan fingerprint density at radius 1 is 1.12 bits per heavy atom. The Hall–Kier alpha value is -3.53. The first-order valence-corrected chi connectivity index (χ1v) is 11.6. The molecule has 0 unspecified atom stereocenters. The van der Waals surface area contributed by atoms with Gasteiger partial charge in [0.05, 0.1) is 30.3 Å². The summed E-state index contributed by atoms with van der Waals surface area (Å²) in [6, 6.07) is 11.3. The predicted octanol–water partition coefficient (Wildman–Crippen LogP) is 4.34. The molecule has 34 heavy (non-hydrogen) atoms. The van der Waals surface area contributed by atoms with E-state index >= 15 is 0 Å². The van der Waals surface area contributed by atoms with Gasteiger partial charge in [0.2, 0.25) is 0 Å². The molecule has 0 amide bonds. The minimum absolute atomic E-state index is 0.0701. The highest BCUT2D eigenvalue weighted by Crippen LogP contribution is 2.34. The first-order valence-electron chi connectivity index (χ1n) is 10.8. The molecule has 0 bridgehead atoms. The molecule has 1 aliphatic heterocycles. The zero-order chi connectivity index (χ0) is 24.1. The van der Waals surface area contributed by atoms with Gasteiger partial charge in [-0.15, -0.1) is 0 Å². The lowest BCUT2D eigenvalue weighted by molar-refractivity contribution is -0.148. The number of carbonyl (C=O) groups is 2. The normalized spacial score (nSPS) is 14.3. The van der Waals surface area contributed by atoms with Gasteiger partial charge in [-0.3, -0.25) is 14.5 Å². The third-order valence-corrected chi connectivity index (χ3v) is 5.63. The molecule has 0 saturated heterocycles. The molecule has 2 aromatic heterocycles. The summed E-state index contributed by atoms with van der Waals surface area (Å²) in [6.45, 7) is 3.35. The van der Waals surface area contributed by atoms with E-state index in [-0.39, 0.29) is 13.2 Å². The molecule has 1 aliphatic rings. The SMILES string of the molecule is CCOC(=O)OCC(=O)OCC[C@@H]1N=C(c2ccccn2)c2cc(Br)ccc2-n2c(C)cnc21. The second-order valence-corrected chi connectivity index (χ2v) is 8.36. The van der Waals surface area contributed by atoms with E-state index in [0.717, 1.165) is 38.6 Å². The molecule has 176 valence electrons. The van der Waals surface area contributed by atoms with Gasteiger partial charge in [0.25, 0.3) is 0 Å². The number of hydrogen-bond acceptors (Lipinski definition) is 8. The lowest BCUT2D eigenvalue weighted by atomic mass is 10.0. The maximum absolute atomic E-state index is 12.0. The summed E-state index contributed by atoms with van der Waals surface area (Å²) in [4.78, 5) is 37.4. The number of halogens is 1. The molecule has 3 heterocycles. The van der Waals surface area contributed by atoms with E-state index in [0.29, 0.717) is 6.42 Å². The zero-order valence-corrected chi connectivity index (χ0v) is 20.3. The Morgan fingerprint density at radius 2 is 1.97 bits per heavy atom. The Kier molecular flexibility index (Phi) is 7.36. The minimum Gasteiger partial charge on any atom is -0.463 e. The minimum atomic E-state index is -0.908. The Morgan fingerprint density at radius 3 is 2.74 bits per heavy atom. The summed E-state index contributed by atoms with van der Waals surface area (Å²) < 4.78 is 17.6. The molecule has 0 fully saturated rings. The largest absolute Gasteiger partial charge is 0.508 e. The van der Waals surface area contributed by atoms with Crippen molar-refractivity contribution in [3.63, 3.8) is 0 Å². The topological polar surface area (TPSA) is 105 Å². The number of aromatic nitrogens is 3. The number of imidazole rings is 1. The second kappa shape index (κ2) is 10.6. The molecule has 1 atom stereocenters. The summed E-state index contributed by atoms with van der Waals surface area (Å²) >= 11 is 3.57. The van der Waals surface area contributed by atoms with Gasteiger partial charge in [-0.05, 0) is 44.2 Å². The van der Waals surface area contributed by atoms with Gasteiger partial charge in [-0.1, -0.05) is 22.0 Å². The number of ether oxygens (including phenoxy) is 3. The van der Waals surface area contributed by atoms with Gasteiger partial charge in [0.1, 0.15) is 11.9 Å². The van der Waals surface area contributed by atoms with Gasteiger partial charge in [0, 0.05) is 34.5 Å². The molecule has 1 aromatic carbocycles. The molecule has 4 rings (SSSR count). The van der Waals surface area contributed by atoms with Gasteiger partial charge in [-0.25, -0.2) is 14.6 Å². The number of aliphatic imine (C=N–C) groups is 1. The number of fused-ring (bicyclic) bond motifs is 3. The van der Waals surface area contributed by atoms with Crippen LogP contribution in [0.5, 0.6) is 0 Å². The van der Waals surface area contributed by atoms with Crippen LogP contribution in [0.25, 0.3) is 5.69 Å². The zero-order valence-electron chi connectivity index (χ0n) is 18.7. The third-order valence-electron chi connectivity index (χ3n) is 5.13. The van der Waals surface area contributed by atoms with Crippen LogP contribution < -0.4 is 0 Å². The maximum Gasteiger partial charge on any atom is 0.508 e. The highest BCUT2D eigenvalue weighted by molar-refractivity contribution is 9.10. The quantitative estimate of drug-likeness (QED) is 0.421. The summed E-state index contributed by atoms with van der Waals surface area (Å²) in [5, 5.41) is 0. The van der Waals surface area contributed by atoms with Gasteiger partial charge >= 0.3 is 12.1 Å². The Bertz CT molecular complexity index is 1230. The molecule has 0 saturated carbocycles. The van der Waals surface area contributed by atoms with Gasteiger partial charge in [-0.2, -0.15) is 0 Å². The number of pyridine rings is 1. The standard InChI is InChI=1S/C24H23BrN4O5/c1-3-32-24(31)34-14-21(30)33-11-9-19-23-27-13-15(2)29(23)20-8-7-16(25)12-17(20)22(28-19)18-6-4-5-10-26-18/h4-8,10,12-13,19H,3,9,11,14H2,1-2H3/t19-/m0/s1. The average Bonchev–Trinajstić information content (AvgIpc) is 3.15.